The van der Waals surface area contributed by atoms with Crippen LogP contribution in [-0.4, -0.2) is 19.8 Å². The zero-order valence-corrected chi connectivity index (χ0v) is 11.0. The van der Waals surface area contributed by atoms with E-state index in [0.29, 0.717) is 19.8 Å². The van der Waals surface area contributed by atoms with Gasteiger partial charge >= 0.3 is 0 Å². The quantitative estimate of drug-likeness (QED) is 0.928. The van der Waals surface area contributed by atoms with Crippen LogP contribution in [0.2, 0.25) is 0 Å². The topological polar surface area (TPSA) is 44.5 Å². The summed E-state index contributed by atoms with van der Waals surface area (Å²) in [7, 11) is 0. The van der Waals surface area contributed by atoms with Crippen LogP contribution in [0.3, 0.4) is 0 Å². The molecular weight excluding hydrogens is 270 g/mol. The second-order valence-electron chi connectivity index (χ2n) is 3.89. The standard InChI is InChI=1S/C12H16BrNO2/c1-8-9(3-2-4-14)7-10(13)12-11(8)15-5-6-16-12/h7H,2-6,14H2,1H3. The molecule has 0 radical (unpaired) electrons. The molecule has 0 atom stereocenters. The number of aryl methyl sites for hydroxylation is 1. The van der Waals surface area contributed by atoms with Gasteiger partial charge in [0.1, 0.15) is 13.2 Å². The van der Waals surface area contributed by atoms with E-state index in [9.17, 15) is 0 Å². The summed E-state index contributed by atoms with van der Waals surface area (Å²) < 4.78 is 12.2. The summed E-state index contributed by atoms with van der Waals surface area (Å²) in [6.07, 6.45) is 1.98. The van der Waals surface area contributed by atoms with Crippen LogP contribution in [0, 0.1) is 6.92 Å². The Bertz CT molecular complexity index is 393. The van der Waals surface area contributed by atoms with Gasteiger partial charge in [0.05, 0.1) is 4.47 Å². The third-order valence-corrected chi connectivity index (χ3v) is 3.36. The maximum atomic E-state index is 5.67. The summed E-state index contributed by atoms with van der Waals surface area (Å²) in [4.78, 5) is 0. The minimum Gasteiger partial charge on any atom is -0.486 e. The fourth-order valence-corrected chi connectivity index (χ4v) is 2.47. The summed E-state index contributed by atoms with van der Waals surface area (Å²) in [6, 6.07) is 2.11. The third-order valence-electron chi connectivity index (χ3n) is 2.77. The number of hydrogen-bond donors (Lipinski definition) is 1. The molecule has 0 fully saturated rings. The molecule has 16 heavy (non-hydrogen) atoms. The molecule has 1 heterocycles. The monoisotopic (exact) mass is 285 g/mol. The predicted molar refractivity (Wildman–Crippen MR) is 67.2 cm³/mol. The van der Waals surface area contributed by atoms with Crippen molar-refractivity contribution in [1.82, 2.24) is 0 Å². The van der Waals surface area contributed by atoms with E-state index in [1.54, 1.807) is 0 Å². The first-order valence-corrected chi connectivity index (χ1v) is 6.31. The van der Waals surface area contributed by atoms with Crippen LogP contribution < -0.4 is 15.2 Å². The second kappa shape index (κ2) is 5.06. The Hall–Kier alpha value is -0.740. The molecule has 0 amide bonds. The number of rotatable bonds is 3. The van der Waals surface area contributed by atoms with Crippen LogP contribution in [0.4, 0.5) is 0 Å². The molecule has 4 heteroatoms. The van der Waals surface area contributed by atoms with E-state index in [1.165, 1.54) is 11.1 Å². The molecule has 2 rings (SSSR count). The van der Waals surface area contributed by atoms with E-state index in [4.69, 9.17) is 15.2 Å². The molecule has 88 valence electrons. The number of hydrogen-bond acceptors (Lipinski definition) is 3. The summed E-state index contributed by atoms with van der Waals surface area (Å²) >= 11 is 3.52. The molecule has 0 aromatic heterocycles. The third kappa shape index (κ3) is 2.18. The first-order chi connectivity index (χ1) is 7.74. The summed E-state index contributed by atoms with van der Waals surface area (Å²) in [6.45, 7) is 4.03. The molecule has 1 aliphatic rings. The fraction of sp³-hybridized carbons (Fsp3) is 0.500. The Kier molecular flexibility index (Phi) is 3.71. The second-order valence-corrected chi connectivity index (χ2v) is 4.74. The highest BCUT2D eigenvalue weighted by Crippen LogP contribution is 2.42. The molecular formula is C12H16BrNO2. The van der Waals surface area contributed by atoms with Crippen LogP contribution in [0.15, 0.2) is 10.5 Å². The lowest BCUT2D eigenvalue weighted by atomic mass is 10.0. The average Bonchev–Trinajstić information content (AvgIpc) is 2.32. The largest absolute Gasteiger partial charge is 0.486 e. The molecule has 1 aliphatic heterocycles. The Balaban J connectivity index is 2.37. The van der Waals surface area contributed by atoms with Crippen LogP contribution in [-0.2, 0) is 6.42 Å². The van der Waals surface area contributed by atoms with Crippen LogP contribution >= 0.6 is 15.9 Å². The highest BCUT2D eigenvalue weighted by atomic mass is 79.9. The summed E-state index contributed by atoms with van der Waals surface area (Å²) in [5, 5.41) is 0. The maximum absolute atomic E-state index is 5.67. The number of halogens is 1. The van der Waals surface area contributed by atoms with Gasteiger partial charge < -0.3 is 15.2 Å². The van der Waals surface area contributed by atoms with Crippen molar-refractivity contribution in [2.24, 2.45) is 5.73 Å². The zero-order chi connectivity index (χ0) is 11.5. The van der Waals surface area contributed by atoms with Crippen molar-refractivity contribution in [3.8, 4) is 11.5 Å². The maximum Gasteiger partial charge on any atom is 0.175 e. The number of fused-ring (bicyclic) bond motifs is 1. The van der Waals surface area contributed by atoms with Gasteiger partial charge in [-0.05, 0) is 59.4 Å². The van der Waals surface area contributed by atoms with Gasteiger partial charge in [-0.25, -0.2) is 0 Å². The van der Waals surface area contributed by atoms with E-state index in [-0.39, 0.29) is 0 Å². The Morgan fingerprint density at radius 1 is 1.31 bits per heavy atom. The SMILES string of the molecule is Cc1c(CCCN)cc(Br)c2c1OCCO2. The van der Waals surface area contributed by atoms with Crippen molar-refractivity contribution in [2.75, 3.05) is 19.8 Å². The van der Waals surface area contributed by atoms with E-state index < -0.39 is 0 Å². The van der Waals surface area contributed by atoms with Crippen LogP contribution in [0.25, 0.3) is 0 Å². The first-order valence-electron chi connectivity index (χ1n) is 5.51. The molecule has 0 saturated heterocycles. The first kappa shape index (κ1) is 11.7. The molecule has 1 aromatic rings. The summed E-state index contributed by atoms with van der Waals surface area (Å²) in [5.74, 6) is 1.72. The average molecular weight is 286 g/mol. The predicted octanol–water partition coefficient (Wildman–Crippen LogP) is 2.42. The molecule has 3 nitrogen and oxygen atoms in total. The zero-order valence-electron chi connectivity index (χ0n) is 9.38. The molecule has 0 bridgehead atoms. The van der Waals surface area contributed by atoms with Crippen molar-refractivity contribution in [3.05, 3.63) is 21.7 Å². The van der Waals surface area contributed by atoms with Gasteiger partial charge in [0.25, 0.3) is 0 Å². The number of nitrogens with two attached hydrogens (primary N) is 1. The van der Waals surface area contributed by atoms with Crippen molar-refractivity contribution in [3.63, 3.8) is 0 Å². The molecule has 0 unspecified atom stereocenters. The Morgan fingerprint density at radius 3 is 2.69 bits per heavy atom. The summed E-state index contributed by atoms with van der Waals surface area (Å²) in [5.41, 5.74) is 7.99. The molecule has 0 spiro atoms. The highest BCUT2D eigenvalue weighted by molar-refractivity contribution is 9.10. The Morgan fingerprint density at radius 2 is 2.00 bits per heavy atom. The van der Waals surface area contributed by atoms with E-state index >= 15 is 0 Å². The van der Waals surface area contributed by atoms with E-state index in [1.807, 2.05) is 0 Å². The van der Waals surface area contributed by atoms with Gasteiger partial charge in [-0.3, -0.25) is 0 Å². The Labute approximate surface area is 104 Å². The lowest BCUT2D eigenvalue weighted by molar-refractivity contribution is 0.169. The van der Waals surface area contributed by atoms with Crippen molar-refractivity contribution in [1.29, 1.82) is 0 Å². The fourth-order valence-electron chi connectivity index (χ4n) is 1.90. The number of ether oxygens (including phenoxy) is 2. The van der Waals surface area contributed by atoms with Crippen molar-refractivity contribution in [2.45, 2.75) is 19.8 Å². The van der Waals surface area contributed by atoms with E-state index in [2.05, 4.69) is 28.9 Å². The van der Waals surface area contributed by atoms with Gasteiger partial charge in [-0.15, -0.1) is 0 Å². The van der Waals surface area contributed by atoms with E-state index in [0.717, 1.165) is 28.8 Å². The van der Waals surface area contributed by atoms with Crippen molar-refractivity contribution < 1.29 is 9.47 Å². The van der Waals surface area contributed by atoms with Crippen molar-refractivity contribution >= 4 is 15.9 Å². The lowest BCUT2D eigenvalue weighted by Gasteiger charge is -2.23. The van der Waals surface area contributed by atoms with Gasteiger partial charge in [0, 0.05) is 0 Å². The molecule has 0 aliphatic carbocycles. The minimum absolute atomic E-state index is 0.618. The molecule has 2 N–H and O–H groups in total. The smallest absolute Gasteiger partial charge is 0.175 e. The van der Waals surface area contributed by atoms with Gasteiger partial charge in [0.15, 0.2) is 11.5 Å². The minimum atomic E-state index is 0.618. The van der Waals surface area contributed by atoms with Gasteiger partial charge in [0.2, 0.25) is 0 Å². The lowest BCUT2D eigenvalue weighted by Crippen LogP contribution is -2.17. The molecule has 0 saturated carbocycles. The highest BCUT2D eigenvalue weighted by Gasteiger charge is 2.19. The molecule has 1 aromatic carbocycles. The van der Waals surface area contributed by atoms with Crippen LogP contribution in [0.1, 0.15) is 17.5 Å². The van der Waals surface area contributed by atoms with Crippen LogP contribution in [0.5, 0.6) is 11.5 Å². The number of benzene rings is 1. The normalized spacial score (nSPS) is 13.9. The van der Waals surface area contributed by atoms with Gasteiger partial charge in [-0.2, -0.15) is 0 Å². The van der Waals surface area contributed by atoms with Gasteiger partial charge in [-0.1, -0.05) is 0 Å².